The molecule has 4 rings (SSSR count). The van der Waals surface area contributed by atoms with Gasteiger partial charge in [-0.1, -0.05) is 25.1 Å². The lowest BCUT2D eigenvalue weighted by Crippen LogP contribution is -2.29. The number of aromatic nitrogens is 2. The molecule has 1 aromatic carbocycles. The van der Waals surface area contributed by atoms with Gasteiger partial charge in [-0.05, 0) is 30.2 Å². The normalized spacial score (nSPS) is 18.0. The molecule has 0 radical (unpaired) electrons. The lowest BCUT2D eigenvalue weighted by Gasteiger charge is -2.22. The highest BCUT2D eigenvalue weighted by Gasteiger charge is 2.48. The molecule has 1 aliphatic heterocycles. The summed E-state index contributed by atoms with van der Waals surface area (Å²) in [4.78, 5) is 35.5. The van der Waals surface area contributed by atoms with Crippen molar-refractivity contribution in [1.82, 2.24) is 9.97 Å². The molecule has 3 aromatic rings. The summed E-state index contributed by atoms with van der Waals surface area (Å²) >= 11 is 1.24. The van der Waals surface area contributed by atoms with Crippen LogP contribution in [0.4, 0.5) is 5.13 Å². The van der Waals surface area contributed by atoms with Gasteiger partial charge in [0.15, 0.2) is 5.13 Å². The number of amides is 1. The molecule has 0 unspecified atom stereocenters. The number of hydrogen-bond donors (Lipinski definition) is 1. The molecular formula is C22H19N3O4S. The molecule has 0 aliphatic carbocycles. The van der Waals surface area contributed by atoms with Gasteiger partial charge in [0.2, 0.25) is 0 Å². The van der Waals surface area contributed by atoms with Crippen molar-refractivity contribution in [3.05, 3.63) is 77.1 Å². The Morgan fingerprint density at radius 2 is 2.10 bits per heavy atom. The van der Waals surface area contributed by atoms with Crippen molar-refractivity contribution in [2.45, 2.75) is 19.4 Å². The number of rotatable bonds is 6. The van der Waals surface area contributed by atoms with E-state index in [0.29, 0.717) is 28.6 Å². The Hall–Kier alpha value is -3.52. The molecule has 0 bridgehead atoms. The number of ether oxygens (including phenoxy) is 1. The molecule has 1 atom stereocenters. The van der Waals surface area contributed by atoms with E-state index in [9.17, 15) is 14.7 Å². The molecule has 3 heterocycles. The number of aliphatic hydroxyl groups excluding tert-OH is 1. The average molecular weight is 421 g/mol. The molecule has 0 saturated carbocycles. The first-order chi connectivity index (χ1) is 14.6. The van der Waals surface area contributed by atoms with Gasteiger partial charge in [-0.15, -0.1) is 11.3 Å². The van der Waals surface area contributed by atoms with Gasteiger partial charge in [0.25, 0.3) is 5.78 Å². The number of benzene rings is 1. The quantitative estimate of drug-likeness (QED) is 0.368. The van der Waals surface area contributed by atoms with Crippen LogP contribution in [0.3, 0.4) is 0 Å². The molecule has 1 N–H and O–H groups in total. The van der Waals surface area contributed by atoms with Crippen LogP contribution in [-0.2, 0) is 9.59 Å². The second-order valence-corrected chi connectivity index (χ2v) is 7.52. The lowest BCUT2D eigenvalue weighted by atomic mass is 9.96. The summed E-state index contributed by atoms with van der Waals surface area (Å²) in [6, 6.07) is 9.49. The van der Waals surface area contributed by atoms with Gasteiger partial charge in [-0.25, -0.2) is 4.98 Å². The van der Waals surface area contributed by atoms with E-state index in [1.54, 1.807) is 60.4 Å². The highest BCUT2D eigenvalue weighted by atomic mass is 32.1. The third-order valence-corrected chi connectivity index (χ3v) is 5.42. The number of Topliss-reactive ketones (excluding diaryl/α,β-unsaturated/α-hetero) is 1. The third kappa shape index (κ3) is 3.57. The van der Waals surface area contributed by atoms with Gasteiger partial charge < -0.3 is 9.84 Å². The van der Waals surface area contributed by atoms with Crippen molar-refractivity contribution in [2.75, 3.05) is 11.5 Å². The number of pyridine rings is 1. The minimum absolute atomic E-state index is 0.00385. The zero-order valence-corrected chi connectivity index (χ0v) is 17.0. The van der Waals surface area contributed by atoms with Crippen LogP contribution in [0.25, 0.3) is 5.76 Å². The fraction of sp³-hybridized carbons (Fsp3) is 0.182. The van der Waals surface area contributed by atoms with Crippen LogP contribution in [-0.4, -0.2) is 33.4 Å². The first-order valence-electron chi connectivity index (χ1n) is 9.45. The Balaban J connectivity index is 1.86. The number of nitrogens with zero attached hydrogens (tertiary/aromatic N) is 3. The zero-order valence-electron chi connectivity index (χ0n) is 16.2. The number of anilines is 1. The van der Waals surface area contributed by atoms with E-state index in [-0.39, 0.29) is 11.3 Å². The van der Waals surface area contributed by atoms with Crippen LogP contribution in [0, 0.1) is 0 Å². The first-order valence-corrected chi connectivity index (χ1v) is 10.3. The Morgan fingerprint density at radius 1 is 1.23 bits per heavy atom. The van der Waals surface area contributed by atoms with Crippen molar-refractivity contribution >= 4 is 33.9 Å². The smallest absolute Gasteiger partial charge is 0.301 e. The SMILES string of the molecule is CCCOc1cccc(C(O)=C2C(=O)C(=O)N(c3nccs3)[C@H]2c2cccnc2)c1. The van der Waals surface area contributed by atoms with E-state index < -0.39 is 17.7 Å². The fourth-order valence-electron chi connectivity index (χ4n) is 3.33. The van der Waals surface area contributed by atoms with Gasteiger partial charge in [-0.2, -0.15) is 0 Å². The highest BCUT2D eigenvalue weighted by molar-refractivity contribution is 7.14. The topological polar surface area (TPSA) is 92.6 Å². The second-order valence-electron chi connectivity index (χ2n) is 6.65. The summed E-state index contributed by atoms with van der Waals surface area (Å²) in [5.41, 5.74) is 0.998. The Labute approximate surface area is 177 Å². The predicted molar refractivity (Wildman–Crippen MR) is 113 cm³/mol. The van der Waals surface area contributed by atoms with E-state index in [1.165, 1.54) is 16.2 Å². The van der Waals surface area contributed by atoms with Gasteiger partial charge in [-0.3, -0.25) is 19.5 Å². The van der Waals surface area contributed by atoms with Crippen LogP contribution in [0.1, 0.15) is 30.5 Å². The van der Waals surface area contributed by atoms with Crippen LogP contribution in [0.5, 0.6) is 5.75 Å². The summed E-state index contributed by atoms with van der Waals surface area (Å²) < 4.78 is 5.63. The molecule has 152 valence electrons. The summed E-state index contributed by atoms with van der Waals surface area (Å²) in [7, 11) is 0. The van der Waals surface area contributed by atoms with Gasteiger partial charge >= 0.3 is 5.91 Å². The van der Waals surface area contributed by atoms with Crippen molar-refractivity contribution in [3.63, 3.8) is 0 Å². The molecule has 7 nitrogen and oxygen atoms in total. The zero-order chi connectivity index (χ0) is 21.1. The van der Waals surface area contributed by atoms with E-state index in [1.807, 2.05) is 6.92 Å². The number of hydrogen-bond acceptors (Lipinski definition) is 7. The summed E-state index contributed by atoms with van der Waals surface area (Å²) in [6.07, 6.45) is 5.59. The molecular weight excluding hydrogens is 402 g/mol. The van der Waals surface area contributed by atoms with E-state index in [0.717, 1.165) is 6.42 Å². The van der Waals surface area contributed by atoms with Crippen molar-refractivity contribution in [3.8, 4) is 5.75 Å². The maximum absolute atomic E-state index is 13.0. The highest BCUT2D eigenvalue weighted by Crippen LogP contribution is 2.42. The number of thiazole rings is 1. The summed E-state index contributed by atoms with van der Waals surface area (Å²) in [6.45, 7) is 2.53. The molecule has 2 aromatic heterocycles. The van der Waals surface area contributed by atoms with E-state index >= 15 is 0 Å². The van der Waals surface area contributed by atoms with Crippen molar-refractivity contribution < 1.29 is 19.4 Å². The van der Waals surface area contributed by atoms with E-state index in [2.05, 4.69) is 9.97 Å². The fourth-order valence-corrected chi connectivity index (χ4v) is 3.99. The first kappa shape index (κ1) is 19.8. The van der Waals surface area contributed by atoms with Gasteiger partial charge in [0.1, 0.15) is 11.5 Å². The van der Waals surface area contributed by atoms with Crippen molar-refractivity contribution in [1.29, 1.82) is 0 Å². The minimum Gasteiger partial charge on any atom is -0.507 e. The maximum Gasteiger partial charge on any atom is 0.301 e. The maximum atomic E-state index is 13.0. The van der Waals surface area contributed by atoms with Crippen LogP contribution < -0.4 is 9.64 Å². The molecule has 1 amide bonds. The molecule has 8 heteroatoms. The van der Waals surface area contributed by atoms with E-state index in [4.69, 9.17) is 4.74 Å². The Kier molecular flexibility index (Phi) is 5.58. The summed E-state index contributed by atoms with van der Waals surface area (Å²) in [5.74, 6) is -1.19. The largest absolute Gasteiger partial charge is 0.507 e. The molecule has 1 saturated heterocycles. The number of carbonyl (C=O) groups is 2. The van der Waals surface area contributed by atoms with Crippen LogP contribution in [0.15, 0.2) is 65.9 Å². The molecule has 0 spiro atoms. The number of ketones is 1. The van der Waals surface area contributed by atoms with Crippen LogP contribution in [0.2, 0.25) is 0 Å². The van der Waals surface area contributed by atoms with Gasteiger partial charge in [0, 0.05) is 29.5 Å². The standard InChI is InChI=1S/C22H19N3O4S/c1-2-10-29-16-7-3-5-14(12-16)19(26)17-18(15-6-4-8-23-13-15)25(21(28)20(17)27)22-24-9-11-30-22/h3-9,11-13,18,26H,2,10H2,1H3/t18-/m0/s1. The predicted octanol–water partition coefficient (Wildman–Crippen LogP) is 3.95. The second kappa shape index (κ2) is 8.46. The monoisotopic (exact) mass is 421 g/mol. The number of carbonyl (C=O) groups excluding carboxylic acids is 2. The molecule has 1 fully saturated rings. The summed E-state index contributed by atoms with van der Waals surface area (Å²) in [5, 5.41) is 13.2. The Bertz CT molecular complexity index is 1100. The van der Waals surface area contributed by atoms with Gasteiger partial charge in [0.05, 0.1) is 18.2 Å². The Morgan fingerprint density at radius 3 is 2.80 bits per heavy atom. The third-order valence-electron chi connectivity index (χ3n) is 4.65. The van der Waals surface area contributed by atoms with Crippen molar-refractivity contribution in [2.24, 2.45) is 0 Å². The molecule has 1 aliphatic rings. The molecule has 30 heavy (non-hydrogen) atoms. The lowest BCUT2D eigenvalue weighted by molar-refractivity contribution is -0.132. The van der Waals surface area contributed by atoms with Crippen LogP contribution >= 0.6 is 11.3 Å². The minimum atomic E-state index is -0.829. The average Bonchev–Trinajstić information content (AvgIpc) is 3.39. The number of aliphatic hydroxyl groups is 1.